The maximum atomic E-state index is 12.3. The minimum atomic E-state index is -1.01. The summed E-state index contributed by atoms with van der Waals surface area (Å²) in [7, 11) is 1.52. The van der Waals surface area contributed by atoms with E-state index in [-0.39, 0.29) is 18.6 Å². The number of aliphatic carboxylic acids is 1. The third-order valence-corrected chi connectivity index (χ3v) is 3.36. The Labute approximate surface area is 107 Å². The quantitative estimate of drug-likeness (QED) is 0.746. The van der Waals surface area contributed by atoms with Crippen LogP contribution < -0.4 is 5.73 Å². The molecule has 0 radical (unpaired) electrons. The maximum Gasteiger partial charge on any atom is 0.326 e. The molecule has 1 amide bonds. The summed E-state index contributed by atoms with van der Waals surface area (Å²) in [5.41, 5.74) is 5.50. The first-order valence-corrected chi connectivity index (χ1v) is 6.00. The van der Waals surface area contributed by atoms with Gasteiger partial charge in [-0.2, -0.15) is 0 Å². The number of amides is 1. The van der Waals surface area contributed by atoms with Gasteiger partial charge in [0.15, 0.2) is 0 Å². The molecule has 1 rings (SSSR count). The molecule has 0 aromatic carbocycles. The van der Waals surface area contributed by atoms with Crippen molar-refractivity contribution in [2.45, 2.75) is 45.4 Å². The van der Waals surface area contributed by atoms with Crippen molar-refractivity contribution in [1.82, 2.24) is 4.90 Å². The van der Waals surface area contributed by atoms with Crippen molar-refractivity contribution in [2.24, 2.45) is 11.1 Å². The summed E-state index contributed by atoms with van der Waals surface area (Å²) in [4.78, 5) is 24.7. The van der Waals surface area contributed by atoms with E-state index in [1.54, 1.807) is 0 Å². The number of carbonyl (C=O) groups excluding carboxylic acids is 1. The van der Waals surface area contributed by atoms with Crippen LogP contribution in [0.5, 0.6) is 0 Å². The minimum absolute atomic E-state index is 0.234. The first-order chi connectivity index (χ1) is 8.18. The van der Waals surface area contributed by atoms with Crippen LogP contribution in [0.4, 0.5) is 0 Å². The van der Waals surface area contributed by atoms with Gasteiger partial charge in [0.05, 0.1) is 12.1 Å². The molecule has 18 heavy (non-hydrogen) atoms. The Balaban J connectivity index is 2.86. The van der Waals surface area contributed by atoms with Gasteiger partial charge in [-0.25, -0.2) is 4.79 Å². The number of likely N-dealkylation sites (tertiary alicyclic amines) is 1. The monoisotopic (exact) mass is 258 g/mol. The van der Waals surface area contributed by atoms with Crippen LogP contribution in [0.15, 0.2) is 0 Å². The molecule has 6 heteroatoms. The molecule has 1 fully saturated rings. The molecule has 1 heterocycles. The van der Waals surface area contributed by atoms with E-state index in [1.807, 2.05) is 20.8 Å². The van der Waals surface area contributed by atoms with Gasteiger partial charge in [-0.3, -0.25) is 4.79 Å². The lowest BCUT2D eigenvalue weighted by Gasteiger charge is -2.31. The van der Waals surface area contributed by atoms with E-state index in [0.29, 0.717) is 6.42 Å². The van der Waals surface area contributed by atoms with E-state index in [2.05, 4.69) is 0 Å². The molecule has 104 valence electrons. The zero-order valence-corrected chi connectivity index (χ0v) is 11.3. The second-order valence-corrected chi connectivity index (χ2v) is 5.78. The van der Waals surface area contributed by atoms with Crippen molar-refractivity contribution in [1.29, 1.82) is 0 Å². The number of nitrogens with two attached hydrogens (primary N) is 1. The minimum Gasteiger partial charge on any atom is -0.480 e. The molecule has 3 atom stereocenters. The molecular weight excluding hydrogens is 236 g/mol. The van der Waals surface area contributed by atoms with Gasteiger partial charge in [-0.05, 0) is 5.41 Å². The summed E-state index contributed by atoms with van der Waals surface area (Å²) in [6, 6.07) is -1.55. The lowest BCUT2D eigenvalue weighted by molar-refractivity contribution is -0.149. The SMILES string of the molecule is COC1CC(C(=O)O)N(C(=O)[C@@H](N)C(C)(C)C)C1. The zero-order chi connectivity index (χ0) is 14.1. The first kappa shape index (κ1) is 14.9. The Morgan fingerprint density at radius 3 is 2.39 bits per heavy atom. The van der Waals surface area contributed by atoms with Gasteiger partial charge < -0.3 is 20.5 Å². The highest BCUT2D eigenvalue weighted by Crippen LogP contribution is 2.25. The highest BCUT2D eigenvalue weighted by atomic mass is 16.5. The number of carbonyl (C=O) groups is 2. The van der Waals surface area contributed by atoms with E-state index < -0.39 is 23.5 Å². The number of hydrogen-bond donors (Lipinski definition) is 2. The van der Waals surface area contributed by atoms with Crippen molar-refractivity contribution in [2.75, 3.05) is 13.7 Å². The van der Waals surface area contributed by atoms with Crippen LogP contribution in [0, 0.1) is 5.41 Å². The number of methoxy groups -OCH3 is 1. The van der Waals surface area contributed by atoms with Gasteiger partial charge in [0.1, 0.15) is 6.04 Å². The molecule has 2 unspecified atom stereocenters. The smallest absolute Gasteiger partial charge is 0.326 e. The highest BCUT2D eigenvalue weighted by Gasteiger charge is 2.43. The summed E-state index contributed by atoms with van der Waals surface area (Å²) in [5, 5.41) is 9.14. The van der Waals surface area contributed by atoms with Gasteiger partial charge in [0.25, 0.3) is 0 Å². The predicted molar refractivity (Wildman–Crippen MR) is 66.0 cm³/mol. The van der Waals surface area contributed by atoms with Crippen molar-refractivity contribution in [3.8, 4) is 0 Å². The standard InChI is InChI=1S/C12H22N2O4/c1-12(2,3)9(13)10(15)14-6-7(18-4)5-8(14)11(16)17/h7-9H,5-6,13H2,1-4H3,(H,16,17)/t7?,8?,9-/m1/s1. The Morgan fingerprint density at radius 1 is 1.44 bits per heavy atom. The Bertz CT molecular complexity index is 337. The third kappa shape index (κ3) is 3.00. The normalized spacial score (nSPS) is 26.2. The number of carboxylic acids is 1. The molecule has 0 saturated carbocycles. The Morgan fingerprint density at radius 2 is 2.00 bits per heavy atom. The number of hydrogen-bond acceptors (Lipinski definition) is 4. The molecule has 0 aromatic rings. The van der Waals surface area contributed by atoms with Gasteiger partial charge >= 0.3 is 5.97 Å². The van der Waals surface area contributed by atoms with Crippen molar-refractivity contribution in [3.05, 3.63) is 0 Å². The van der Waals surface area contributed by atoms with Gasteiger partial charge in [0.2, 0.25) is 5.91 Å². The van der Waals surface area contributed by atoms with Gasteiger partial charge in [-0.1, -0.05) is 20.8 Å². The summed E-state index contributed by atoms with van der Waals surface area (Å²) < 4.78 is 5.14. The molecule has 1 aliphatic heterocycles. The average Bonchev–Trinajstić information content (AvgIpc) is 2.69. The summed E-state index contributed by atoms with van der Waals surface area (Å²) in [5.74, 6) is -1.33. The van der Waals surface area contributed by atoms with E-state index in [4.69, 9.17) is 15.6 Å². The van der Waals surface area contributed by atoms with Crippen LogP contribution in [0.3, 0.4) is 0 Å². The summed E-state index contributed by atoms with van der Waals surface area (Å²) in [6.45, 7) is 5.86. The highest BCUT2D eigenvalue weighted by molar-refractivity contribution is 5.88. The second-order valence-electron chi connectivity index (χ2n) is 5.78. The second kappa shape index (κ2) is 5.24. The number of rotatable bonds is 3. The fourth-order valence-electron chi connectivity index (χ4n) is 1.99. The van der Waals surface area contributed by atoms with Gasteiger partial charge in [-0.15, -0.1) is 0 Å². The van der Waals surface area contributed by atoms with E-state index in [9.17, 15) is 9.59 Å². The van der Waals surface area contributed by atoms with Crippen molar-refractivity contribution >= 4 is 11.9 Å². The lowest BCUT2D eigenvalue weighted by Crippen LogP contribution is -2.53. The Kier molecular flexibility index (Phi) is 4.34. The molecule has 0 aliphatic carbocycles. The van der Waals surface area contributed by atoms with Crippen LogP contribution in [-0.4, -0.2) is 53.7 Å². The lowest BCUT2D eigenvalue weighted by atomic mass is 9.86. The largest absolute Gasteiger partial charge is 0.480 e. The first-order valence-electron chi connectivity index (χ1n) is 6.00. The molecule has 3 N–H and O–H groups in total. The number of carboxylic acid groups (broad SMARTS) is 1. The van der Waals surface area contributed by atoms with E-state index in [0.717, 1.165) is 0 Å². The fraction of sp³-hybridized carbons (Fsp3) is 0.833. The van der Waals surface area contributed by atoms with Crippen molar-refractivity contribution in [3.63, 3.8) is 0 Å². The summed E-state index contributed by atoms with van der Waals surface area (Å²) in [6.07, 6.45) is 0.0799. The Hall–Kier alpha value is -1.14. The third-order valence-electron chi connectivity index (χ3n) is 3.36. The molecule has 1 saturated heterocycles. The zero-order valence-electron chi connectivity index (χ0n) is 11.3. The number of nitrogens with zero attached hydrogens (tertiary/aromatic N) is 1. The predicted octanol–water partition coefficient (Wildman–Crippen LogP) is 0.0603. The maximum absolute atomic E-state index is 12.3. The fourth-order valence-corrected chi connectivity index (χ4v) is 1.99. The van der Waals surface area contributed by atoms with Crippen LogP contribution in [-0.2, 0) is 14.3 Å². The van der Waals surface area contributed by atoms with E-state index in [1.165, 1.54) is 12.0 Å². The molecule has 1 aliphatic rings. The molecular formula is C12H22N2O4. The molecule has 6 nitrogen and oxygen atoms in total. The van der Waals surface area contributed by atoms with Crippen LogP contribution in [0.1, 0.15) is 27.2 Å². The van der Waals surface area contributed by atoms with Crippen LogP contribution >= 0.6 is 0 Å². The van der Waals surface area contributed by atoms with Gasteiger partial charge in [0, 0.05) is 20.1 Å². The van der Waals surface area contributed by atoms with Crippen molar-refractivity contribution < 1.29 is 19.4 Å². The molecule has 0 aromatic heterocycles. The van der Waals surface area contributed by atoms with Crippen LogP contribution in [0.25, 0.3) is 0 Å². The molecule has 0 bridgehead atoms. The average molecular weight is 258 g/mol. The molecule has 0 spiro atoms. The number of ether oxygens (including phenoxy) is 1. The van der Waals surface area contributed by atoms with E-state index >= 15 is 0 Å². The van der Waals surface area contributed by atoms with Crippen LogP contribution in [0.2, 0.25) is 0 Å². The summed E-state index contributed by atoms with van der Waals surface area (Å²) >= 11 is 0. The topological polar surface area (TPSA) is 92.9 Å².